The molecule has 1 saturated carbocycles. The number of benzene rings is 1. The van der Waals surface area contributed by atoms with Gasteiger partial charge in [0.1, 0.15) is 5.82 Å². The Kier molecular flexibility index (Phi) is 5.06. The number of allylic oxidation sites excluding steroid dienone is 1. The molecule has 0 bridgehead atoms. The average Bonchev–Trinajstić information content (AvgIpc) is 3.07. The van der Waals surface area contributed by atoms with Gasteiger partial charge in [0, 0.05) is 4.91 Å². The van der Waals surface area contributed by atoms with Crippen molar-refractivity contribution in [2.75, 3.05) is 0 Å². The van der Waals surface area contributed by atoms with Gasteiger partial charge in [-0.25, -0.2) is 9.07 Å². The lowest BCUT2D eigenvalue weighted by atomic mass is 9.58. The number of aromatic nitrogens is 2. The number of hydrogen-bond acceptors (Lipinski definition) is 3. The minimum Gasteiger partial charge on any atom is -0.388 e. The largest absolute Gasteiger partial charge is 0.388 e. The fourth-order valence-electron chi connectivity index (χ4n) is 4.77. The molecular weight excluding hydrogens is 371 g/mol. The van der Waals surface area contributed by atoms with E-state index in [-0.39, 0.29) is 17.2 Å². The van der Waals surface area contributed by atoms with Gasteiger partial charge in [-0.1, -0.05) is 25.7 Å². The van der Waals surface area contributed by atoms with Crippen molar-refractivity contribution in [1.82, 2.24) is 9.78 Å². The summed E-state index contributed by atoms with van der Waals surface area (Å²) in [5, 5.41) is 17.3. The van der Waals surface area contributed by atoms with Crippen molar-refractivity contribution in [3.05, 3.63) is 76.6 Å². The number of rotatable bonds is 5. The van der Waals surface area contributed by atoms with Crippen LogP contribution in [0.25, 0.3) is 11.8 Å². The first-order valence-corrected chi connectivity index (χ1v) is 10.5. The summed E-state index contributed by atoms with van der Waals surface area (Å²) in [5.41, 5.74) is 4.32. The molecule has 1 N–H and O–H groups in total. The number of aliphatic hydroxyl groups is 1. The third-order valence-electron chi connectivity index (χ3n) is 6.28. The van der Waals surface area contributed by atoms with Crippen LogP contribution < -0.4 is 0 Å². The molecule has 3 atom stereocenters. The Morgan fingerprint density at radius 1 is 1.43 bits per heavy atom. The molecule has 146 valence electrons. The third-order valence-corrected chi connectivity index (χ3v) is 7.00. The van der Waals surface area contributed by atoms with Crippen LogP contribution in [0.4, 0.5) is 4.39 Å². The maximum absolute atomic E-state index is 13.3. The fraction of sp³-hybridized carbons (Fsp3) is 0.348. The molecule has 2 aliphatic rings. The molecule has 0 saturated heterocycles. The van der Waals surface area contributed by atoms with Crippen LogP contribution in [-0.4, -0.2) is 21.0 Å². The molecule has 1 fully saturated rings. The van der Waals surface area contributed by atoms with Gasteiger partial charge in [-0.15, -0.1) is 11.8 Å². The molecule has 2 aliphatic carbocycles. The van der Waals surface area contributed by atoms with Crippen LogP contribution >= 0.6 is 11.8 Å². The Labute approximate surface area is 169 Å². The van der Waals surface area contributed by atoms with E-state index in [0.717, 1.165) is 47.5 Å². The van der Waals surface area contributed by atoms with Gasteiger partial charge in [-0.05, 0) is 78.3 Å². The smallest absolute Gasteiger partial charge is 0.123 e. The van der Waals surface area contributed by atoms with E-state index in [9.17, 15) is 9.50 Å². The lowest BCUT2D eigenvalue weighted by molar-refractivity contribution is 0.0511. The zero-order valence-corrected chi connectivity index (χ0v) is 16.9. The summed E-state index contributed by atoms with van der Waals surface area (Å²) in [6, 6.07) is 6.41. The number of fused-ring (bicyclic) bond motifs is 2. The van der Waals surface area contributed by atoms with Crippen LogP contribution in [0.3, 0.4) is 0 Å². The second-order valence-electron chi connectivity index (χ2n) is 7.90. The standard InChI is InChI=1S/C23H25FN2OS/c1-4-28-15(2)22(27)20-7-5-6-17-12-21-16(13-23(17,20)3)14-25-26(21)19-10-8-18(24)9-11-19/h4,8-12,14,20,22,27H,1-2,5-7,13H2,3H3. The molecule has 3 nitrogen and oxygen atoms in total. The summed E-state index contributed by atoms with van der Waals surface area (Å²) in [6.45, 7) is 10.1. The Balaban J connectivity index is 1.71. The van der Waals surface area contributed by atoms with Gasteiger partial charge in [0.2, 0.25) is 0 Å². The van der Waals surface area contributed by atoms with E-state index in [2.05, 4.69) is 31.3 Å². The van der Waals surface area contributed by atoms with Crippen LogP contribution in [0.15, 0.2) is 59.5 Å². The van der Waals surface area contributed by atoms with E-state index < -0.39 is 6.10 Å². The minimum atomic E-state index is -0.564. The van der Waals surface area contributed by atoms with Gasteiger partial charge in [0.15, 0.2) is 0 Å². The molecule has 1 aromatic carbocycles. The van der Waals surface area contributed by atoms with Crippen molar-refractivity contribution in [1.29, 1.82) is 0 Å². The molecule has 1 heterocycles. The van der Waals surface area contributed by atoms with E-state index in [1.54, 1.807) is 17.5 Å². The second kappa shape index (κ2) is 7.37. The molecule has 5 heteroatoms. The average molecular weight is 397 g/mol. The summed E-state index contributed by atoms with van der Waals surface area (Å²) >= 11 is 1.41. The highest BCUT2D eigenvalue weighted by molar-refractivity contribution is 8.05. The minimum absolute atomic E-state index is 0.119. The summed E-state index contributed by atoms with van der Waals surface area (Å²) < 4.78 is 15.2. The number of thioether (sulfide) groups is 1. The highest BCUT2D eigenvalue weighted by Crippen LogP contribution is 2.53. The molecule has 1 aromatic heterocycles. The van der Waals surface area contributed by atoms with Gasteiger partial charge >= 0.3 is 0 Å². The van der Waals surface area contributed by atoms with E-state index >= 15 is 0 Å². The zero-order chi connectivity index (χ0) is 19.9. The molecule has 3 unspecified atom stereocenters. The van der Waals surface area contributed by atoms with Crippen molar-refractivity contribution in [2.45, 2.75) is 38.7 Å². The first kappa shape index (κ1) is 19.2. The normalized spacial score (nSPS) is 24.7. The second-order valence-corrected chi connectivity index (χ2v) is 8.99. The van der Waals surface area contributed by atoms with E-state index in [1.165, 1.54) is 29.5 Å². The molecule has 2 aromatic rings. The van der Waals surface area contributed by atoms with E-state index in [0.29, 0.717) is 0 Å². The summed E-state index contributed by atoms with van der Waals surface area (Å²) in [5.74, 6) is -0.132. The van der Waals surface area contributed by atoms with Crippen LogP contribution in [0.5, 0.6) is 0 Å². The predicted octanol–water partition coefficient (Wildman–Crippen LogP) is 5.51. The first-order valence-electron chi connectivity index (χ1n) is 9.62. The number of halogens is 1. The van der Waals surface area contributed by atoms with Crippen LogP contribution in [0, 0.1) is 17.2 Å². The van der Waals surface area contributed by atoms with Gasteiger partial charge in [-0.3, -0.25) is 0 Å². The van der Waals surface area contributed by atoms with Crippen LogP contribution in [-0.2, 0) is 6.42 Å². The van der Waals surface area contributed by atoms with Crippen molar-refractivity contribution in [3.63, 3.8) is 0 Å². The number of hydrogen-bond donors (Lipinski definition) is 1. The Hall–Kier alpha value is -2.11. The Morgan fingerprint density at radius 3 is 2.89 bits per heavy atom. The first-order chi connectivity index (χ1) is 13.4. The van der Waals surface area contributed by atoms with Crippen molar-refractivity contribution < 1.29 is 9.50 Å². The third kappa shape index (κ3) is 3.16. The number of nitrogens with zero attached hydrogens (tertiary/aromatic N) is 2. The maximum atomic E-state index is 13.3. The summed E-state index contributed by atoms with van der Waals surface area (Å²) in [4.78, 5) is 0.760. The Morgan fingerprint density at radius 2 is 2.18 bits per heavy atom. The van der Waals surface area contributed by atoms with Crippen molar-refractivity contribution >= 4 is 17.8 Å². The maximum Gasteiger partial charge on any atom is 0.123 e. The van der Waals surface area contributed by atoms with Gasteiger partial charge < -0.3 is 5.11 Å². The van der Waals surface area contributed by atoms with Crippen molar-refractivity contribution in [2.24, 2.45) is 11.3 Å². The predicted molar refractivity (Wildman–Crippen MR) is 114 cm³/mol. The van der Waals surface area contributed by atoms with E-state index in [4.69, 9.17) is 0 Å². The van der Waals surface area contributed by atoms with E-state index in [1.807, 2.05) is 10.9 Å². The molecular formula is C23H25FN2OS. The number of aliphatic hydroxyl groups excluding tert-OH is 1. The van der Waals surface area contributed by atoms with Gasteiger partial charge in [0.25, 0.3) is 0 Å². The summed E-state index contributed by atoms with van der Waals surface area (Å²) in [7, 11) is 0. The lowest BCUT2D eigenvalue weighted by Gasteiger charge is -2.47. The van der Waals surface area contributed by atoms with Crippen LogP contribution in [0.1, 0.15) is 37.4 Å². The zero-order valence-electron chi connectivity index (χ0n) is 16.1. The summed E-state index contributed by atoms with van der Waals surface area (Å²) in [6.07, 6.45) is 7.46. The van der Waals surface area contributed by atoms with Crippen LogP contribution in [0.2, 0.25) is 0 Å². The highest BCUT2D eigenvalue weighted by Gasteiger charge is 2.46. The fourth-order valence-corrected chi connectivity index (χ4v) is 5.29. The van der Waals surface area contributed by atoms with Crippen molar-refractivity contribution in [3.8, 4) is 5.69 Å². The molecule has 0 spiro atoms. The van der Waals surface area contributed by atoms with Gasteiger partial charge in [-0.2, -0.15) is 5.10 Å². The lowest BCUT2D eigenvalue weighted by Crippen LogP contribution is -2.43. The Bertz CT molecular complexity index is 946. The molecule has 4 rings (SSSR count). The highest BCUT2D eigenvalue weighted by atomic mass is 32.2. The molecule has 0 amide bonds. The molecule has 0 radical (unpaired) electrons. The quantitative estimate of drug-likeness (QED) is 0.724. The van der Waals surface area contributed by atoms with Gasteiger partial charge in [0.05, 0.1) is 23.7 Å². The molecule has 28 heavy (non-hydrogen) atoms. The monoisotopic (exact) mass is 396 g/mol. The SMILES string of the molecule is C=CSC(=C)C(O)C1CCCC2=Cc3c(cnn3-c3ccc(F)cc3)CC21C. The molecule has 0 aliphatic heterocycles. The topological polar surface area (TPSA) is 38.1 Å².